The van der Waals surface area contributed by atoms with Crippen molar-refractivity contribution in [1.29, 1.82) is 0 Å². The second kappa shape index (κ2) is 4.37. The predicted molar refractivity (Wildman–Crippen MR) is 70.0 cm³/mol. The molecule has 2 N–H and O–H groups in total. The molecule has 0 fully saturated rings. The van der Waals surface area contributed by atoms with Crippen LogP contribution >= 0.6 is 11.6 Å². The molecule has 2 rings (SSSR count). The first-order valence-corrected chi connectivity index (χ1v) is 5.86. The third kappa shape index (κ3) is 2.00. The Morgan fingerprint density at radius 2 is 2.00 bits per heavy atom. The normalized spacial score (nSPS) is 11.1. The van der Waals surface area contributed by atoms with Crippen LogP contribution in [0.5, 0.6) is 0 Å². The number of aromatic nitrogens is 3. The molecule has 17 heavy (non-hydrogen) atoms. The number of benzene rings is 1. The summed E-state index contributed by atoms with van der Waals surface area (Å²) in [5.41, 5.74) is 7.34. The standard InChI is InChI=1S/C12H15ClN4/c1-7(2)17-8(3)15-16-12(17)11-9(13)5-4-6-10(11)14/h4-7H,14H2,1-3H3. The molecule has 5 heteroatoms. The van der Waals surface area contributed by atoms with E-state index in [0.29, 0.717) is 10.7 Å². The fraction of sp³-hybridized carbons (Fsp3) is 0.333. The highest BCUT2D eigenvalue weighted by Gasteiger charge is 2.17. The van der Waals surface area contributed by atoms with Gasteiger partial charge in [-0.05, 0) is 32.9 Å². The van der Waals surface area contributed by atoms with E-state index in [4.69, 9.17) is 17.3 Å². The molecule has 0 saturated heterocycles. The summed E-state index contributed by atoms with van der Waals surface area (Å²) in [4.78, 5) is 0. The van der Waals surface area contributed by atoms with Gasteiger partial charge >= 0.3 is 0 Å². The SMILES string of the molecule is Cc1nnc(-c2c(N)cccc2Cl)n1C(C)C. The van der Waals surface area contributed by atoms with E-state index in [9.17, 15) is 0 Å². The summed E-state index contributed by atoms with van der Waals surface area (Å²) in [6.07, 6.45) is 0. The van der Waals surface area contributed by atoms with E-state index in [1.807, 2.05) is 29.7 Å². The maximum absolute atomic E-state index is 6.19. The molecule has 90 valence electrons. The van der Waals surface area contributed by atoms with Gasteiger partial charge in [0, 0.05) is 11.7 Å². The Labute approximate surface area is 105 Å². The van der Waals surface area contributed by atoms with Crippen molar-refractivity contribution < 1.29 is 0 Å². The lowest BCUT2D eigenvalue weighted by molar-refractivity contribution is 0.588. The Hall–Kier alpha value is -1.55. The smallest absolute Gasteiger partial charge is 0.167 e. The number of rotatable bonds is 2. The predicted octanol–water partition coefficient (Wildman–Crippen LogP) is 3.07. The summed E-state index contributed by atoms with van der Waals surface area (Å²) in [5, 5.41) is 8.87. The summed E-state index contributed by atoms with van der Waals surface area (Å²) in [5.74, 6) is 1.58. The highest BCUT2D eigenvalue weighted by atomic mass is 35.5. The Morgan fingerprint density at radius 1 is 1.29 bits per heavy atom. The van der Waals surface area contributed by atoms with E-state index in [0.717, 1.165) is 17.2 Å². The maximum atomic E-state index is 6.19. The average molecular weight is 251 g/mol. The van der Waals surface area contributed by atoms with Gasteiger partial charge < -0.3 is 10.3 Å². The molecule has 0 bridgehead atoms. The van der Waals surface area contributed by atoms with Crippen molar-refractivity contribution in [1.82, 2.24) is 14.8 Å². The molecule has 1 aromatic heterocycles. The molecule has 0 spiro atoms. The number of nitrogens with two attached hydrogens (primary N) is 1. The molecule has 1 aromatic carbocycles. The topological polar surface area (TPSA) is 56.7 Å². The first-order valence-electron chi connectivity index (χ1n) is 5.48. The van der Waals surface area contributed by atoms with Crippen LogP contribution in [0.15, 0.2) is 18.2 Å². The van der Waals surface area contributed by atoms with Gasteiger partial charge in [-0.25, -0.2) is 0 Å². The highest BCUT2D eigenvalue weighted by molar-refractivity contribution is 6.33. The number of hydrogen-bond acceptors (Lipinski definition) is 3. The van der Waals surface area contributed by atoms with Crippen molar-refractivity contribution in [3.63, 3.8) is 0 Å². The van der Waals surface area contributed by atoms with Gasteiger partial charge in [-0.1, -0.05) is 17.7 Å². The van der Waals surface area contributed by atoms with Gasteiger partial charge in [0.1, 0.15) is 5.82 Å². The van der Waals surface area contributed by atoms with E-state index >= 15 is 0 Å². The van der Waals surface area contributed by atoms with Crippen LogP contribution in [-0.2, 0) is 0 Å². The van der Waals surface area contributed by atoms with E-state index in [1.165, 1.54) is 0 Å². The van der Waals surface area contributed by atoms with Crippen LogP contribution in [0.25, 0.3) is 11.4 Å². The minimum Gasteiger partial charge on any atom is -0.398 e. The van der Waals surface area contributed by atoms with Crippen molar-refractivity contribution >= 4 is 17.3 Å². The van der Waals surface area contributed by atoms with Gasteiger partial charge in [-0.3, -0.25) is 0 Å². The number of halogens is 1. The lowest BCUT2D eigenvalue weighted by Gasteiger charge is -2.14. The second-order valence-corrected chi connectivity index (χ2v) is 4.65. The number of aryl methyl sites for hydroxylation is 1. The Balaban J connectivity index is 2.69. The molecule has 0 aliphatic carbocycles. The number of anilines is 1. The third-order valence-corrected chi connectivity index (χ3v) is 2.97. The number of nitrogen functional groups attached to an aromatic ring is 1. The van der Waals surface area contributed by atoms with Crippen LogP contribution in [0.3, 0.4) is 0 Å². The molecule has 0 aliphatic rings. The second-order valence-electron chi connectivity index (χ2n) is 4.24. The fourth-order valence-corrected chi connectivity index (χ4v) is 2.20. The van der Waals surface area contributed by atoms with Gasteiger partial charge in [0.15, 0.2) is 5.82 Å². The Morgan fingerprint density at radius 3 is 2.59 bits per heavy atom. The Kier molecular flexibility index (Phi) is 3.07. The van der Waals surface area contributed by atoms with Crippen molar-refractivity contribution in [2.24, 2.45) is 0 Å². The van der Waals surface area contributed by atoms with Crippen LogP contribution in [0.4, 0.5) is 5.69 Å². The van der Waals surface area contributed by atoms with Crippen LogP contribution in [-0.4, -0.2) is 14.8 Å². The van der Waals surface area contributed by atoms with Gasteiger partial charge in [0.25, 0.3) is 0 Å². The van der Waals surface area contributed by atoms with Gasteiger partial charge in [-0.15, -0.1) is 10.2 Å². The van der Waals surface area contributed by atoms with Gasteiger partial charge in [0.05, 0.1) is 10.6 Å². The number of hydrogen-bond donors (Lipinski definition) is 1. The van der Waals surface area contributed by atoms with Crippen LogP contribution < -0.4 is 5.73 Å². The summed E-state index contributed by atoms with van der Waals surface area (Å²) in [6, 6.07) is 5.71. The van der Waals surface area contributed by atoms with Crippen LogP contribution in [0.1, 0.15) is 25.7 Å². The molecule has 2 aromatic rings. The summed E-state index contributed by atoms with van der Waals surface area (Å²) >= 11 is 6.19. The van der Waals surface area contributed by atoms with Crippen molar-refractivity contribution in [3.05, 3.63) is 29.0 Å². The van der Waals surface area contributed by atoms with Crippen LogP contribution in [0, 0.1) is 6.92 Å². The average Bonchev–Trinajstić information content (AvgIpc) is 2.60. The van der Waals surface area contributed by atoms with E-state index < -0.39 is 0 Å². The molecular formula is C12H15ClN4. The van der Waals surface area contributed by atoms with E-state index in [1.54, 1.807) is 0 Å². The summed E-state index contributed by atoms with van der Waals surface area (Å²) in [6.45, 7) is 6.07. The first kappa shape index (κ1) is 11.9. The Bertz CT molecular complexity index is 525. The van der Waals surface area contributed by atoms with Crippen molar-refractivity contribution in [2.75, 3.05) is 5.73 Å². The minimum atomic E-state index is 0.260. The fourth-order valence-electron chi connectivity index (χ4n) is 1.93. The lowest BCUT2D eigenvalue weighted by Crippen LogP contribution is -2.06. The molecule has 0 saturated carbocycles. The van der Waals surface area contributed by atoms with E-state index in [-0.39, 0.29) is 6.04 Å². The monoisotopic (exact) mass is 250 g/mol. The molecule has 0 aliphatic heterocycles. The van der Waals surface area contributed by atoms with Gasteiger partial charge in [0.2, 0.25) is 0 Å². The zero-order chi connectivity index (χ0) is 12.6. The van der Waals surface area contributed by atoms with E-state index in [2.05, 4.69) is 24.0 Å². The quantitative estimate of drug-likeness (QED) is 0.834. The zero-order valence-corrected chi connectivity index (χ0v) is 10.9. The highest BCUT2D eigenvalue weighted by Crippen LogP contribution is 2.33. The summed E-state index contributed by atoms with van der Waals surface area (Å²) < 4.78 is 2.03. The van der Waals surface area contributed by atoms with Gasteiger partial charge in [-0.2, -0.15) is 0 Å². The van der Waals surface area contributed by atoms with Crippen molar-refractivity contribution in [3.8, 4) is 11.4 Å². The molecule has 0 unspecified atom stereocenters. The zero-order valence-electron chi connectivity index (χ0n) is 10.1. The molecule has 1 heterocycles. The minimum absolute atomic E-state index is 0.260. The summed E-state index contributed by atoms with van der Waals surface area (Å²) in [7, 11) is 0. The molecule has 4 nitrogen and oxygen atoms in total. The largest absolute Gasteiger partial charge is 0.398 e. The van der Waals surface area contributed by atoms with Crippen LogP contribution in [0.2, 0.25) is 5.02 Å². The maximum Gasteiger partial charge on any atom is 0.167 e. The molecule has 0 amide bonds. The molecule has 0 radical (unpaired) electrons. The number of nitrogens with zero attached hydrogens (tertiary/aromatic N) is 3. The van der Waals surface area contributed by atoms with Crippen molar-refractivity contribution in [2.45, 2.75) is 26.8 Å². The third-order valence-electron chi connectivity index (χ3n) is 2.65. The first-order chi connectivity index (χ1) is 8.02. The molecular weight excluding hydrogens is 236 g/mol. The lowest BCUT2D eigenvalue weighted by atomic mass is 10.1. The molecule has 0 atom stereocenters.